The van der Waals surface area contributed by atoms with Crippen LogP contribution in [0.4, 0.5) is 0 Å². The van der Waals surface area contributed by atoms with Crippen molar-refractivity contribution >= 4 is 0 Å². The zero-order chi connectivity index (χ0) is 11.5. The third kappa shape index (κ3) is 1.53. The summed E-state index contributed by atoms with van der Waals surface area (Å²) in [6.45, 7) is 16.0. The summed E-state index contributed by atoms with van der Waals surface area (Å²) in [5.74, 6) is 0. The van der Waals surface area contributed by atoms with E-state index in [1.807, 2.05) is 0 Å². The Kier molecular flexibility index (Phi) is 2.27. The highest BCUT2D eigenvalue weighted by Crippen LogP contribution is 2.51. The van der Waals surface area contributed by atoms with Gasteiger partial charge in [-0.3, -0.25) is 4.90 Å². The minimum Gasteiger partial charge on any atom is -0.375 e. The lowest BCUT2D eigenvalue weighted by Gasteiger charge is -2.53. The zero-order valence-electron chi connectivity index (χ0n) is 11.1. The average Bonchev–Trinajstić information content (AvgIpc) is 2.57. The summed E-state index contributed by atoms with van der Waals surface area (Å²) in [5.41, 5.74) is 0.813. The Bertz CT molecular complexity index is 261. The van der Waals surface area contributed by atoms with Crippen molar-refractivity contribution in [2.75, 3.05) is 13.2 Å². The van der Waals surface area contributed by atoms with Gasteiger partial charge in [-0.25, -0.2) is 0 Å². The van der Waals surface area contributed by atoms with Gasteiger partial charge in [-0.1, -0.05) is 20.8 Å². The maximum absolute atomic E-state index is 5.87. The maximum atomic E-state index is 5.87. The highest BCUT2D eigenvalue weighted by atomic mass is 16.5. The van der Waals surface area contributed by atoms with Crippen LogP contribution in [-0.2, 0) is 4.74 Å². The van der Waals surface area contributed by atoms with Crippen LogP contribution in [0.25, 0.3) is 0 Å². The predicted octanol–water partition coefficient (Wildman–Crippen LogP) is 2.67. The lowest BCUT2D eigenvalue weighted by Crippen LogP contribution is -2.62. The van der Waals surface area contributed by atoms with Gasteiger partial charge in [-0.2, -0.15) is 0 Å². The molecule has 2 atom stereocenters. The quantitative estimate of drug-likeness (QED) is 0.611. The van der Waals surface area contributed by atoms with Crippen molar-refractivity contribution in [3.8, 4) is 0 Å². The molecule has 0 aromatic rings. The Morgan fingerprint density at radius 2 is 1.73 bits per heavy atom. The predicted molar refractivity (Wildman–Crippen MR) is 63.0 cm³/mol. The van der Waals surface area contributed by atoms with Gasteiger partial charge in [0.15, 0.2) is 0 Å². The Balaban J connectivity index is 2.36. The second kappa shape index (κ2) is 2.98. The first-order chi connectivity index (χ1) is 6.67. The molecule has 0 aromatic heterocycles. The molecule has 15 heavy (non-hydrogen) atoms. The number of fused-ring (bicyclic) bond motifs is 2. The van der Waals surface area contributed by atoms with Crippen molar-refractivity contribution < 1.29 is 4.74 Å². The topological polar surface area (TPSA) is 12.5 Å². The van der Waals surface area contributed by atoms with Gasteiger partial charge in [0.25, 0.3) is 0 Å². The molecule has 2 nitrogen and oxygen atoms in total. The summed E-state index contributed by atoms with van der Waals surface area (Å²) >= 11 is 0. The summed E-state index contributed by atoms with van der Waals surface area (Å²) in [4.78, 5) is 2.67. The summed E-state index contributed by atoms with van der Waals surface area (Å²) in [6.07, 6.45) is 1.69. The molecule has 2 unspecified atom stereocenters. The summed E-state index contributed by atoms with van der Waals surface area (Å²) < 4.78 is 5.87. The Labute approximate surface area is 94.0 Å². The third-order valence-electron chi connectivity index (χ3n) is 4.23. The molecule has 0 spiro atoms. The minimum atomic E-state index is 0.256. The monoisotopic (exact) mass is 211 g/mol. The molecule has 2 fully saturated rings. The molecular formula is C13H25NO. The van der Waals surface area contributed by atoms with Gasteiger partial charge in [0.1, 0.15) is 0 Å². The van der Waals surface area contributed by atoms with E-state index in [-0.39, 0.29) is 11.1 Å². The fourth-order valence-electron chi connectivity index (χ4n) is 3.28. The molecule has 88 valence electrons. The molecule has 2 aliphatic heterocycles. The van der Waals surface area contributed by atoms with Gasteiger partial charge < -0.3 is 4.74 Å². The molecular weight excluding hydrogens is 186 g/mol. The number of morpholine rings is 1. The lowest BCUT2D eigenvalue weighted by atomic mass is 9.71. The SMILES string of the molecule is CC(C)(C)N1CC2CC1(C(C)(C)C)CO2. The molecule has 0 radical (unpaired) electrons. The molecule has 2 aliphatic rings. The molecule has 0 N–H and O–H groups in total. The highest BCUT2D eigenvalue weighted by molar-refractivity contribution is 5.13. The third-order valence-corrected chi connectivity index (χ3v) is 4.23. The number of hydrogen-bond donors (Lipinski definition) is 0. The van der Waals surface area contributed by atoms with Crippen molar-refractivity contribution in [1.82, 2.24) is 4.90 Å². The Morgan fingerprint density at radius 3 is 2.07 bits per heavy atom. The van der Waals surface area contributed by atoms with E-state index in [4.69, 9.17) is 4.74 Å². The van der Waals surface area contributed by atoms with Gasteiger partial charge in [0, 0.05) is 12.1 Å². The van der Waals surface area contributed by atoms with Gasteiger partial charge in [0.2, 0.25) is 0 Å². The minimum absolute atomic E-state index is 0.256. The van der Waals surface area contributed by atoms with Crippen molar-refractivity contribution in [2.45, 2.75) is 65.1 Å². The fourth-order valence-corrected chi connectivity index (χ4v) is 3.28. The van der Waals surface area contributed by atoms with Crippen LogP contribution in [0.3, 0.4) is 0 Å². The van der Waals surface area contributed by atoms with Crippen LogP contribution < -0.4 is 0 Å². The molecule has 0 saturated carbocycles. The standard InChI is InChI=1S/C13H25NO/c1-11(2,3)13-7-10(15-9-13)8-14(13)12(4,5)6/h10H,7-9H2,1-6H3. The van der Waals surface area contributed by atoms with Crippen molar-refractivity contribution in [3.63, 3.8) is 0 Å². The molecule has 2 heteroatoms. The van der Waals surface area contributed by atoms with Crippen LogP contribution >= 0.6 is 0 Å². The lowest BCUT2D eigenvalue weighted by molar-refractivity contribution is -0.0951. The van der Waals surface area contributed by atoms with Crippen LogP contribution in [-0.4, -0.2) is 35.2 Å². The first-order valence-corrected chi connectivity index (χ1v) is 6.06. The van der Waals surface area contributed by atoms with Crippen molar-refractivity contribution in [1.29, 1.82) is 0 Å². The van der Waals surface area contributed by atoms with Crippen molar-refractivity contribution in [3.05, 3.63) is 0 Å². The summed E-state index contributed by atoms with van der Waals surface area (Å²) in [5, 5.41) is 0. The molecule has 2 bridgehead atoms. The highest BCUT2D eigenvalue weighted by Gasteiger charge is 2.60. The Hall–Kier alpha value is -0.0800. The molecule has 0 amide bonds. The number of rotatable bonds is 0. The van der Waals surface area contributed by atoms with E-state index in [1.165, 1.54) is 6.42 Å². The maximum Gasteiger partial charge on any atom is 0.0722 e. The van der Waals surface area contributed by atoms with Gasteiger partial charge in [-0.15, -0.1) is 0 Å². The largest absolute Gasteiger partial charge is 0.375 e. The molecule has 0 aromatic carbocycles. The first-order valence-electron chi connectivity index (χ1n) is 6.06. The van der Waals surface area contributed by atoms with Crippen LogP contribution in [0.5, 0.6) is 0 Å². The fraction of sp³-hybridized carbons (Fsp3) is 1.00. The van der Waals surface area contributed by atoms with E-state index in [0.29, 0.717) is 11.5 Å². The van der Waals surface area contributed by atoms with Gasteiger partial charge in [0.05, 0.1) is 18.2 Å². The smallest absolute Gasteiger partial charge is 0.0722 e. The second-order valence-electron chi connectivity index (χ2n) is 7.20. The normalized spacial score (nSPS) is 37.6. The van der Waals surface area contributed by atoms with E-state index in [1.54, 1.807) is 0 Å². The molecule has 2 heterocycles. The first kappa shape index (κ1) is 11.4. The van der Waals surface area contributed by atoms with E-state index in [2.05, 4.69) is 46.4 Å². The van der Waals surface area contributed by atoms with Crippen LogP contribution in [0, 0.1) is 5.41 Å². The van der Waals surface area contributed by atoms with E-state index < -0.39 is 0 Å². The zero-order valence-corrected chi connectivity index (χ0v) is 11.1. The van der Waals surface area contributed by atoms with Gasteiger partial charge in [-0.05, 0) is 32.6 Å². The summed E-state index contributed by atoms with van der Waals surface area (Å²) in [7, 11) is 0. The molecule has 2 rings (SSSR count). The molecule has 2 saturated heterocycles. The van der Waals surface area contributed by atoms with E-state index >= 15 is 0 Å². The summed E-state index contributed by atoms with van der Waals surface area (Å²) in [6, 6.07) is 0. The van der Waals surface area contributed by atoms with Crippen LogP contribution in [0.1, 0.15) is 48.0 Å². The average molecular weight is 211 g/mol. The van der Waals surface area contributed by atoms with E-state index in [9.17, 15) is 0 Å². The van der Waals surface area contributed by atoms with Crippen LogP contribution in [0.2, 0.25) is 0 Å². The Morgan fingerprint density at radius 1 is 1.13 bits per heavy atom. The number of ether oxygens (including phenoxy) is 1. The van der Waals surface area contributed by atoms with Gasteiger partial charge >= 0.3 is 0 Å². The van der Waals surface area contributed by atoms with Crippen molar-refractivity contribution in [2.24, 2.45) is 5.41 Å². The molecule has 0 aliphatic carbocycles. The van der Waals surface area contributed by atoms with E-state index in [0.717, 1.165) is 13.2 Å². The van der Waals surface area contributed by atoms with Crippen LogP contribution in [0.15, 0.2) is 0 Å². The number of nitrogens with zero attached hydrogens (tertiary/aromatic N) is 1. The number of hydrogen-bond acceptors (Lipinski definition) is 2. The number of likely N-dealkylation sites (tertiary alicyclic amines) is 1. The second-order valence-corrected chi connectivity index (χ2v) is 7.20.